The fourth-order valence-corrected chi connectivity index (χ4v) is 3.10. The molecule has 0 aromatic carbocycles. The summed E-state index contributed by atoms with van der Waals surface area (Å²) < 4.78 is 5.27. The number of carbonyl (C=O) groups is 1. The molecule has 0 atom stereocenters. The van der Waals surface area contributed by atoms with Crippen LogP contribution < -0.4 is 16.0 Å². The van der Waals surface area contributed by atoms with Crippen molar-refractivity contribution in [3.8, 4) is 0 Å². The molecule has 0 bridgehead atoms. The minimum atomic E-state index is 0. The molecule has 1 rings (SSSR count). The summed E-state index contributed by atoms with van der Waals surface area (Å²) in [5.41, 5.74) is 0.326. The Hall–Kier alpha value is -0.570. The first-order valence-electron chi connectivity index (χ1n) is 8.86. The molecule has 0 heterocycles. The van der Waals surface area contributed by atoms with E-state index in [2.05, 4.69) is 20.9 Å². The lowest BCUT2D eigenvalue weighted by Gasteiger charge is -2.29. The molecule has 0 unspecified atom stereocenters. The predicted octanol–water partition coefficient (Wildman–Crippen LogP) is 2.28. The molecule has 0 spiro atoms. The monoisotopic (exact) mass is 454 g/mol. The van der Waals surface area contributed by atoms with Gasteiger partial charge in [0.2, 0.25) is 5.91 Å². The molecule has 0 radical (unpaired) electrons. The summed E-state index contributed by atoms with van der Waals surface area (Å²) in [6.07, 6.45) is 7.62. The van der Waals surface area contributed by atoms with Crippen LogP contribution >= 0.6 is 24.0 Å². The molecule has 6 nitrogen and oxygen atoms in total. The highest BCUT2D eigenvalue weighted by molar-refractivity contribution is 14.0. The zero-order chi connectivity index (χ0) is 17.0. The molecule has 1 aliphatic carbocycles. The van der Waals surface area contributed by atoms with Crippen molar-refractivity contribution < 1.29 is 9.53 Å². The van der Waals surface area contributed by atoms with Gasteiger partial charge in [0.1, 0.15) is 0 Å². The number of hydrogen-bond acceptors (Lipinski definition) is 3. The zero-order valence-corrected chi connectivity index (χ0v) is 17.8. The second kappa shape index (κ2) is 13.7. The Kier molecular flexibility index (Phi) is 13.4. The highest BCUT2D eigenvalue weighted by Gasteiger charge is 2.33. The summed E-state index contributed by atoms with van der Waals surface area (Å²) >= 11 is 0. The van der Waals surface area contributed by atoms with Crippen LogP contribution in [0.4, 0.5) is 0 Å². The summed E-state index contributed by atoms with van der Waals surface area (Å²) in [4.78, 5) is 15.8. The van der Waals surface area contributed by atoms with Crippen molar-refractivity contribution in [2.75, 3.05) is 40.4 Å². The van der Waals surface area contributed by atoms with Gasteiger partial charge in [-0.15, -0.1) is 24.0 Å². The van der Waals surface area contributed by atoms with Crippen molar-refractivity contribution in [1.29, 1.82) is 0 Å². The Bertz CT molecular complexity index is 372. The van der Waals surface area contributed by atoms with Gasteiger partial charge in [0.05, 0.1) is 0 Å². The molecule has 7 heteroatoms. The van der Waals surface area contributed by atoms with E-state index in [1.165, 1.54) is 25.7 Å². The predicted molar refractivity (Wildman–Crippen MR) is 110 cm³/mol. The van der Waals surface area contributed by atoms with E-state index in [0.717, 1.165) is 38.5 Å². The van der Waals surface area contributed by atoms with Crippen molar-refractivity contribution in [3.63, 3.8) is 0 Å². The van der Waals surface area contributed by atoms with Gasteiger partial charge >= 0.3 is 0 Å². The van der Waals surface area contributed by atoms with Crippen molar-refractivity contribution in [2.45, 2.75) is 51.9 Å². The SMILES string of the molecule is CCCNC(=O)CCNC(=NC)NCC1(CCOC)CCCC1.I. The van der Waals surface area contributed by atoms with Gasteiger partial charge in [0.25, 0.3) is 0 Å². The number of nitrogens with one attached hydrogen (secondary N) is 3. The molecular formula is C17H35IN4O2. The maximum absolute atomic E-state index is 11.6. The van der Waals surface area contributed by atoms with E-state index in [9.17, 15) is 4.79 Å². The van der Waals surface area contributed by atoms with Crippen LogP contribution in [0, 0.1) is 5.41 Å². The Labute approximate surface area is 164 Å². The third-order valence-corrected chi connectivity index (χ3v) is 4.57. The largest absolute Gasteiger partial charge is 0.385 e. The summed E-state index contributed by atoms with van der Waals surface area (Å²) in [7, 11) is 3.53. The number of halogens is 1. The van der Waals surface area contributed by atoms with Gasteiger partial charge in [-0.25, -0.2) is 0 Å². The smallest absolute Gasteiger partial charge is 0.221 e. The van der Waals surface area contributed by atoms with Crippen molar-refractivity contribution in [2.24, 2.45) is 10.4 Å². The average molecular weight is 454 g/mol. The highest BCUT2D eigenvalue weighted by Crippen LogP contribution is 2.40. The lowest BCUT2D eigenvalue weighted by atomic mass is 9.83. The van der Waals surface area contributed by atoms with E-state index in [1.807, 2.05) is 6.92 Å². The second-order valence-corrected chi connectivity index (χ2v) is 6.40. The highest BCUT2D eigenvalue weighted by atomic mass is 127. The van der Waals surface area contributed by atoms with Crippen molar-refractivity contribution in [1.82, 2.24) is 16.0 Å². The molecule has 0 aromatic rings. The lowest BCUT2D eigenvalue weighted by Crippen LogP contribution is -2.44. The van der Waals surface area contributed by atoms with Gasteiger partial charge in [-0.1, -0.05) is 19.8 Å². The number of guanidine groups is 1. The van der Waals surface area contributed by atoms with Crippen LogP contribution in [0.2, 0.25) is 0 Å². The fraction of sp³-hybridized carbons (Fsp3) is 0.882. The van der Waals surface area contributed by atoms with Crippen LogP contribution in [0.25, 0.3) is 0 Å². The number of amides is 1. The van der Waals surface area contributed by atoms with E-state index < -0.39 is 0 Å². The van der Waals surface area contributed by atoms with Gasteiger partial charge in [-0.2, -0.15) is 0 Å². The molecule has 1 saturated carbocycles. The molecule has 142 valence electrons. The minimum Gasteiger partial charge on any atom is -0.385 e. The Morgan fingerprint density at radius 2 is 1.88 bits per heavy atom. The van der Waals surface area contributed by atoms with Crippen molar-refractivity contribution >= 4 is 35.8 Å². The van der Waals surface area contributed by atoms with E-state index in [0.29, 0.717) is 18.4 Å². The molecule has 0 saturated heterocycles. The average Bonchev–Trinajstić information content (AvgIpc) is 3.03. The first-order chi connectivity index (χ1) is 11.2. The first kappa shape index (κ1) is 23.4. The first-order valence-corrected chi connectivity index (χ1v) is 8.86. The summed E-state index contributed by atoms with van der Waals surface area (Å²) in [5.74, 6) is 0.860. The molecule has 1 amide bonds. The molecule has 1 fully saturated rings. The second-order valence-electron chi connectivity index (χ2n) is 6.40. The van der Waals surface area contributed by atoms with E-state index >= 15 is 0 Å². The van der Waals surface area contributed by atoms with Crippen LogP contribution in [-0.4, -0.2) is 52.3 Å². The standard InChI is InChI=1S/C17H34N4O2.HI/c1-4-11-19-15(22)7-12-20-16(18-2)21-14-17(10-13-23-3)8-5-6-9-17;/h4-14H2,1-3H3,(H,19,22)(H2,18,20,21);1H. The van der Waals surface area contributed by atoms with Gasteiger partial charge in [-0.3, -0.25) is 9.79 Å². The van der Waals surface area contributed by atoms with Crippen molar-refractivity contribution in [3.05, 3.63) is 0 Å². The summed E-state index contributed by atoms with van der Waals surface area (Å²) in [5, 5.41) is 9.53. The topological polar surface area (TPSA) is 74.8 Å². The summed E-state index contributed by atoms with van der Waals surface area (Å²) in [6.45, 7) is 5.12. The molecule has 24 heavy (non-hydrogen) atoms. The van der Waals surface area contributed by atoms with Crippen LogP contribution in [-0.2, 0) is 9.53 Å². The van der Waals surface area contributed by atoms with Gasteiger partial charge < -0.3 is 20.7 Å². The maximum atomic E-state index is 11.6. The zero-order valence-electron chi connectivity index (χ0n) is 15.5. The Morgan fingerprint density at radius 1 is 1.17 bits per heavy atom. The molecule has 0 aromatic heterocycles. The van der Waals surface area contributed by atoms with E-state index in [-0.39, 0.29) is 29.9 Å². The third-order valence-electron chi connectivity index (χ3n) is 4.57. The maximum Gasteiger partial charge on any atom is 0.221 e. The Morgan fingerprint density at radius 3 is 2.46 bits per heavy atom. The normalized spacial score (nSPS) is 16.4. The minimum absolute atomic E-state index is 0. The number of rotatable bonds is 10. The Balaban J connectivity index is 0.00000529. The van der Waals surface area contributed by atoms with E-state index in [4.69, 9.17) is 4.74 Å². The number of hydrogen-bond donors (Lipinski definition) is 3. The molecule has 0 aliphatic heterocycles. The number of nitrogens with zero attached hydrogens (tertiary/aromatic N) is 1. The van der Waals surface area contributed by atoms with Crippen LogP contribution in [0.15, 0.2) is 4.99 Å². The number of methoxy groups -OCH3 is 1. The van der Waals surface area contributed by atoms with Gasteiger partial charge in [0.15, 0.2) is 5.96 Å². The fourth-order valence-electron chi connectivity index (χ4n) is 3.10. The lowest BCUT2D eigenvalue weighted by molar-refractivity contribution is -0.120. The number of aliphatic imine (C=N–C) groups is 1. The molecule has 3 N–H and O–H groups in total. The summed E-state index contributed by atoms with van der Waals surface area (Å²) in [6, 6.07) is 0. The third kappa shape index (κ3) is 9.05. The van der Waals surface area contributed by atoms with Gasteiger partial charge in [0, 0.05) is 46.8 Å². The van der Waals surface area contributed by atoms with Crippen LogP contribution in [0.5, 0.6) is 0 Å². The van der Waals surface area contributed by atoms with Crippen LogP contribution in [0.1, 0.15) is 51.9 Å². The molecular weight excluding hydrogens is 419 g/mol. The molecule has 1 aliphatic rings. The van der Waals surface area contributed by atoms with Gasteiger partial charge in [-0.05, 0) is 31.1 Å². The quantitative estimate of drug-likeness (QED) is 0.269. The number of ether oxygens (including phenoxy) is 1. The van der Waals surface area contributed by atoms with E-state index in [1.54, 1.807) is 14.2 Å². The number of carbonyl (C=O) groups excluding carboxylic acids is 1. The van der Waals surface area contributed by atoms with Crippen LogP contribution in [0.3, 0.4) is 0 Å².